The number of aryl methyl sites for hydroxylation is 1. The third kappa shape index (κ3) is 2.99. The van der Waals surface area contributed by atoms with Crippen LogP contribution in [0.4, 0.5) is 0 Å². The number of carbonyl (C=O) groups excluding carboxylic acids is 1. The molecule has 8 nitrogen and oxygen atoms in total. The normalized spacial score (nSPS) is 30.4. The van der Waals surface area contributed by atoms with E-state index in [-0.39, 0.29) is 12.0 Å². The Hall–Kier alpha value is -2.23. The molecule has 1 aromatic carbocycles. The van der Waals surface area contributed by atoms with Crippen molar-refractivity contribution < 1.29 is 17.9 Å². The van der Waals surface area contributed by atoms with E-state index in [0.717, 1.165) is 5.56 Å². The molecule has 2 bridgehead atoms. The van der Waals surface area contributed by atoms with E-state index in [0.29, 0.717) is 44.7 Å². The van der Waals surface area contributed by atoms with Gasteiger partial charge in [0, 0.05) is 26.7 Å². The van der Waals surface area contributed by atoms with Crippen LogP contribution in [0.5, 0.6) is 0 Å². The average molecular weight is 417 g/mol. The molecule has 0 N–H and O–H groups in total. The standard InChI is InChI=1S/C20H24N4O4S/c1-22-14-21-10-17(22)19(25)23-11-16-9-18-20(12-23,28-16)13-24(29(18,26)27)8-7-15-5-3-2-4-6-15/h2-6,10,14,16,18H,7-9,11-13H2,1H3/t16-,18+,20+/m0/s1. The fourth-order valence-electron chi connectivity index (χ4n) is 4.93. The maximum Gasteiger partial charge on any atom is 0.272 e. The topological polar surface area (TPSA) is 84.7 Å². The van der Waals surface area contributed by atoms with Crippen molar-refractivity contribution in [2.75, 3.05) is 26.2 Å². The number of aromatic nitrogens is 2. The number of rotatable bonds is 4. The minimum Gasteiger partial charge on any atom is -0.365 e. The summed E-state index contributed by atoms with van der Waals surface area (Å²) in [6.45, 7) is 1.44. The molecule has 2 aromatic rings. The van der Waals surface area contributed by atoms with Crippen molar-refractivity contribution in [3.05, 3.63) is 54.1 Å². The quantitative estimate of drug-likeness (QED) is 0.731. The van der Waals surface area contributed by atoms with E-state index in [1.54, 1.807) is 33.3 Å². The van der Waals surface area contributed by atoms with Crippen LogP contribution in [0.2, 0.25) is 0 Å². The Morgan fingerprint density at radius 1 is 1.28 bits per heavy atom. The van der Waals surface area contributed by atoms with E-state index in [9.17, 15) is 13.2 Å². The molecule has 0 radical (unpaired) electrons. The van der Waals surface area contributed by atoms with Crippen LogP contribution in [-0.4, -0.2) is 76.2 Å². The van der Waals surface area contributed by atoms with Gasteiger partial charge in [0.05, 0.1) is 25.2 Å². The van der Waals surface area contributed by atoms with E-state index in [2.05, 4.69) is 4.98 Å². The van der Waals surface area contributed by atoms with Crippen molar-refractivity contribution in [1.82, 2.24) is 18.8 Å². The van der Waals surface area contributed by atoms with E-state index < -0.39 is 20.9 Å². The fourth-order valence-corrected chi connectivity index (χ4v) is 7.24. The maximum atomic E-state index is 13.2. The van der Waals surface area contributed by atoms with Crippen LogP contribution in [0.15, 0.2) is 42.9 Å². The van der Waals surface area contributed by atoms with Gasteiger partial charge < -0.3 is 14.2 Å². The summed E-state index contributed by atoms with van der Waals surface area (Å²) < 4.78 is 35.9. The Bertz CT molecular complexity index is 1040. The highest BCUT2D eigenvalue weighted by Crippen LogP contribution is 2.46. The number of hydrogen-bond acceptors (Lipinski definition) is 5. The van der Waals surface area contributed by atoms with Gasteiger partial charge in [0.25, 0.3) is 5.91 Å². The zero-order chi connectivity index (χ0) is 20.2. The van der Waals surface area contributed by atoms with Crippen molar-refractivity contribution in [1.29, 1.82) is 0 Å². The van der Waals surface area contributed by atoms with Gasteiger partial charge in [-0.15, -0.1) is 0 Å². The summed E-state index contributed by atoms with van der Waals surface area (Å²) in [4.78, 5) is 18.7. The second-order valence-corrected chi connectivity index (χ2v) is 10.3. The molecule has 1 amide bonds. The number of ether oxygens (including phenoxy) is 1. The first kappa shape index (κ1) is 18.8. The molecule has 3 aliphatic rings. The van der Waals surface area contributed by atoms with E-state index in [1.165, 1.54) is 0 Å². The van der Waals surface area contributed by atoms with Crippen LogP contribution in [-0.2, 0) is 28.2 Å². The number of carbonyl (C=O) groups is 1. The minimum atomic E-state index is -3.46. The SMILES string of the molecule is Cn1cncc1C(=O)N1C[C@@H]2C[C@@H]3[C@@](C1)(CN(CCc1ccccc1)S3(=O)=O)O2. The first-order chi connectivity index (χ1) is 13.9. The predicted molar refractivity (Wildman–Crippen MR) is 106 cm³/mol. The number of amides is 1. The van der Waals surface area contributed by atoms with Crippen LogP contribution in [0.1, 0.15) is 22.5 Å². The lowest BCUT2D eigenvalue weighted by molar-refractivity contribution is -0.0977. The Labute approximate surface area is 170 Å². The molecule has 3 atom stereocenters. The molecular formula is C20H24N4O4S. The zero-order valence-corrected chi connectivity index (χ0v) is 17.1. The van der Waals surface area contributed by atoms with Crippen molar-refractivity contribution >= 4 is 15.9 Å². The number of benzene rings is 1. The van der Waals surface area contributed by atoms with Crippen molar-refractivity contribution in [3.63, 3.8) is 0 Å². The molecule has 3 fully saturated rings. The van der Waals surface area contributed by atoms with Crippen LogP contribution in [0.25, 0.3) is 0 Å². The Morgan fingerprint density at radius 2 is 2.07 bits per heavy atom. The second kappa shape index (κ2) is 6.65. The van der Waals surface area contributed by atoms with Crippen LogP contribution in [0, 0.1) is 0 Å². The molecule has 5 rings (SSSR count). The molecule has 29 heavy (non-hydrogen) atoms. The van der Waals surface area contributed by atoms with Gasteiger partial charge in [-0.05, 0) is 18.4 Å². The predicted octanol–water partition coefficient (Wildman–Crippen LogP) is 0.660. The highest BCUT2D eigenvalue weighted by molar-refractivity contribution is 7.90. The average Bonchev–Trinajstić information content (AvgIpc) is 3.30. The van der Waals surface area contributed by atoms with Gasteiger partial charge in [0.1, 0.15) is 16.5 Å². The first-order valence-electron chi connectivity index (χ1n) is 9.85. The summed E-state index contributed by atoms with van der Waals surface area (Å²) in [6, 6.07) is 9.87. The number of likely N-dealkylation sites (tertiary alicyclic amines) is 1. The summed E-state index contributed by atoms with van der Waals surface area (Å²) in [7, 11) is -1.68. The third-order valence-corrected chi connectivity index (χ3v) is 8.70. The molecule has 0 saturated carbocycles. The molecule has 1 spiro atoms. The molecule has 0 unspecified atom stereocenters. The van der Waals surface area contributed by atoms with E-state index >= 15 is 0 Å². The van der Waals surface area contributed by atoms with Gasteiger partial charge in [-0.2, -0.15) is 4.31 Å². The summed E-state index contributed by atoms with van der Waals surface area (Å²) in [5, 5.41) is -0.583. The third-order valence-electron chi connectivity index (χ3n) is 6.33. The number of sulfonamides is 1. The van der Waals surface area contributed by atoms with Gasteiger partial charge in [0.2, 0.25) is 10.0 Å². The second-order valence-electron chi connectivity index (χ2n) is 8.22. The minimum absolute atomic E-state index is 0.126. The fraction of sp³-hybridized carbons (Fsp3) is 0.500. The van der Waals surface area contributed by atoms with Crippen molar-refractivity contribution in [3.8, 4) is 0 Å². The lowest BCUT2D eigenvalue weighted by Crippen LogP contribution is -2.56. The van der Waals surface area contributed by atoms with Gasteiger partial charge in [-0.3, -0.25) is 4.79 Å². The summed E-state index contributed by atoms with van der Waals surface area (Å²) in [6.07, 6.45) is 4.00. The highest BCUT2D eigenvalue weighted by atomic mass is 32.2. The smallest absolute Gasteiger partial charge is 0.272 e. The van der Waals surface area contributed by atoms with E-state index in [4.69, 9.17) is 4.74 Å². The van der Waals surface area contributed by atoms with Crippen LogP contribution >= 0.6 is 0 Å². The van der Waals surface area contributed by atoms with E-state index in [1.807, 2.05) is 30.3 Å². The van der Waals surface area contributed by atoms with Gasteiger partial charge in [-0.25, -0.2) is 13.4 Å². The van der Waals surface area contributed by atoms with Gasteiger partial charge in [0.15, 0.2) is 0 Å². The molecule has 1 aromatic heterocycles. The molecule has 3 saturated heterocycles. The Morgan fingerprint density at radius 3 is 2.79 bits per heavy atom. The van der Waals surface area contributed by atoms with Crippen LogP contribution in [0.3, 0.4) is 0 Å². The summed E-state index contributed by atoms with van der Waals surface area (Å²) in [5.74, 6) is -0.126. The first-order valence-corrected chi connectivity index (χ1v) is 11.4. The van der Waals surface area contributed by atoms with Crippen molar-refractivity contribution in [2.45, 2.75) is 29.8 Å². The van der Waals surface area contributed by atoms with Crippen molar-refractivity contribution in [2.24, 2.45) is 7.05 Å². The van der Waals surface area contributed by atoms with Gasteiger partial charge in [-0.1, -0.05) is 30.3 Å². The molecule has 3 aliphatic heterocycles. The summed E-state index contributed by atoms with van der Waals surface area (Å²) >= 11 is 0. The number of nitrogens with zero attached hydrogens (tertiary/aromatic N) is 4. The largest absolute Gasteiger partial charge is 0.365 e. The number of hydrogen-bond donors (Lipinski definition) is 0. The lowest BCUT2D eigenvalue weighted by atomic mass is 9.99. The molecule has 154 valence electrons. The highest BCUT2D eigenvalue weighted by Gasteiger charge is 2.65. The van der Waals surface area contributed by atoms with Gasteiger partial charge >= 0.3 is 0 Å². The van der Waals surface area contributed by atoms with Crippen LogP contribution < -0.4 is 0 Å². The number of fused-ring (bicyclic) bond motifs is 1. The monoisotopic (exact) mass is 416 g/mol. The molecule has 9 heteroatoms. The lowest BCUT2D eigenvalue weighted by Gasteiger charge is -2.39. The molecule has 4 heterocycles. The number of morpholine rings is 1. The maximum absolute atomic E-state index is 13.2. The summed E-state index contributed by atoms with van der Waals surface area (Å²) in [5.41, 5.74) is 0.765. The Kier molecular flexibility index (Phi) is 4.30. The Balaban J connectivity index is 1.36. The number of imidazole rings is 1. The molecule has 0 aliphatic carbocycles. The zero-order valence-electron chi connectivity index (χ0n) is 16.3. The molecular weight excluding hydrogens is 392 g/mol.